The van der Waals surface area contributed by atoms with E-state index in [9.17, 15) is 9.59 Å². The average molecular weight is 486 g/mol. The first-order valence-corrected chi connectivity index (χ1v) is 11.7. The molecule has 4 rings (SSSR count). The first kappa shape index (κ1) is 23.2. The number of nitrogens with one attached hydrogen (secondary N) is 1. The molecule has 2 aromatic carbocycles. The Morgan fingerprint density at radius 1 is 1.30 bits per heavy atom. The summed E-state index contributed by atoms with van der Waals surface area (Å²) < 4.78 is 10.9. The van der Waals surface area contributed by atoms with Gasteiger partial charge in [0.05, 0.1) is 23.0 Å². The molecule has 0 spiro atoms. The van der Waals surface area contributed by atoms with Crippen molar-refractivity contribution in [2.24, 2.45) is 0 Å². The number of anilines is 2. The number of carbonyl (C=O) groups excluding carboxylic acids is 2. The quantitative estimate of drug-likeness (QED) is 0.524. The van der Waals surface area contributed by atoms with Gasteiger partial charge in [0.1, 0.15) is 12.3 Å². The van der Waals surface area contributed by atoms with Crippen LogP contribution in [0.4, 0.5) is 11.4 Å². The predicted molar refractivity (Wildman–Crippen MR) is 130 cm³/mol. The molecule has 1 aliphatic rings. The van der Waals surface area contributed by atoms with Crippen LogP contribution >= 0.6 is 22.9 Å². The zero-order valence-corrected chi connectivity index (χ0v) is 20.1. The van der Waals surface area contributed by atoms with Crippen molar-refractivity contribution >= 4 is 46.1 Å². The third-order valence-electron chi connectivity index (χ3n) is 5.30. The van der Waals surface area contributed by atoms with Gasteiger partial charge >= 0.3 is 0 Å². The van der Waals surface area contributed by atoms with E-state index in [-0.39, 0.29) is 18.4 Å². The van der Waals surface area contributed by atoms with Crippen LogP contribution in [0, 0.1) is 6.92 Å². The van der Waals surface area contributed by atoms with Crippen LogP contribution in [0.1, 0.15) is 17.5 Å². The second-order valence-corrected chi connectivity index (χ2v) is 9.12. The monoisotopic (exact) mass is 485 g/mol. The number of hydrogen-bond acceptors (Lipinski definition) is 6. The van der Waals surface area contributed by atoms with Crippen molar-refractivity contribution < 1.29 is 19.1 Å². The molecule has 1 aromatic heterocycles. The minimum atomic E-state index is -0.687. The van der Waals surface area contributed by atoms with Crippen LogP contribution in [-0.2, 0) is 20.7 Å². The Bertz CT molecular complexity index is 1200. The van der Waals surface area contributed by atoms with Gasteiger partial charge in [-0.05, 0) is 55.8 Å². The first-order valence-electron chi connectivity index (χ1n) is 10.5. The lowest BCUT2D eigenvalue weighted by atomic mass is 10.1. The van der Waals surface area contributed by atoms with E-state index in [4.69, 9.17) is 21.1 Å². The number of aromatic nitrogens is 1. The van der Waals surface area contributed by atoms with Crippen molar-refractivity contribution in [3.8, 4) is 17.0 Å². The number of benzene rings is 2. The summed E-state index contributed by atoms with van der Waals surface area (Å²) >= 11 is 7.56. The molecule has 0 bridgehead atoms. The molecular formula is C24H24ClN3O4S. The average Bonchev–Trinajstić information content (AvgIpc) is 3.26. The van der Waals surface area contributed by atoms with Crippen molar-refractivity contribution in [2.45, 2.75) is 26.4 Å². The molecule has 0 saturated carbocycles. The molecule has 172 valence electrons. The Hall–Kier alpha value is -2.94. The van der Waals surface area contributed by atoms with Gasteiger partial charge in [-0.2, -0.15) is 0 Å². The maximum atomic E-state index is 12.9. The second kappa shape index (κ2) is 9.91. The van der Waals surface area contributed by atoms with Gasteiger partial charge in [0.25, 0.3) is 5.91 Å². The number of amides is 2. The number of aryl methyl sites for hydroxylation is 1. The van der Waals surface area contributed by atoms with Gasteiger partial charge in [-0.1, -0.05) is 11.6 Å². The molecule has 3 aromatic rings. The summed E-state index contributed by atoms with van der Waals surface area (Å²) in [5, 5.41) is 6.41. The van der Waals surface area contributed by atoms with Crippen LogP contribution in [0.2, 0.25) is 5.02 Å². The summed E-state index contributed by atoms with van der Waals surface area (Å²) in [4.78, 5) is 31.9. The smallest absolute Gasteiger partial charge is 0.268 e. The Morgan fingerprint density at radius 3 is 2.88 bits per heavy atom. The van der Waals surface area contributed by atoms with Crippen LogP contribution in [0.3, 0.4) is 0 Å². The SMILES string of the molecule is COCCc1nc(-c2ccc3c(c2)N(CC(=O)Nc2ccc(Cl)cc2C)C(=O)C(C)O3)cs1. The maximum absolute atomic E-state index is 12.9. The predicted octanol–water partition coefficient (Wildman–Crippen LogP) is 4.71. The topological polar surface area (TPSA) is 80.8 Å². The Labute approximate surface area is 201 Å². The lowest BCUT2D eigenvalue weighted by Gasteiger charge is -2.33. The van der Waals surface area contributed by atoms with Crippen LogP contribution in [0.5, 0.6) is 5.75 Å². The van der Waals surface area contributed by atoms with E-state index in [0.29, 0.717) is 28.8 Å². The molecule has 7 nitrogen and oxygen atoms in total. The highest BCUT2D eigenvalue weighted by Gasteiger charge is 2.33. The lowest BCUT2D eigenvalue weighted by molar-refractivity contribution is -0.127. The lowest BCUT2D eigenvalue weighted by Crippen LogP contribution is -2.47. The number of carbonyl (C=O) groups is 2. The van der Waals surface area contributed by atoms with Crippen LogP contribution in [0.25, 0.3) is 11.3 Å². The summed E-state index contributed by atoms with van der Waals surface area (Å²) in [5.74, 6) is -0.0346. The molecule has 2 amide bonds. The molecule has 2 heterocycles. The van der Waals surface area contributed by atoms with Crippen LogP contribution in [0.15, 0.2) is 41.8 Å². The third-order valence-corrected chi connectivity index (χ3v) is 6.44. The Morgan fingerprint density at radius 2 is 2.12 bits per heavy atom. The van der Waals surface area contributed by atoms with Crippen molar-refractivity contribution in [3.63, 3.8) is 0 Å². The van der Waals surface area contributed by atoms with E-state index in [1.165, 1.54) is 4.90 Å². The van der Waals surface area contributed by atoms with E-state index in [0.717, 1.165) is 28.2 Å². The van der Waals surface area contributed by atoms with E-state index < -0.39 is 6.10 Å². The molecular weight excluding hydrogens is 462 g/mol. The Balaban J connectivity index is 1.58. The van der Waals surface area contributed by atoms with Crippen molar-refractivity contribution in [1.82, 2.24) is 4.98 Å². The molecule has 0 saturated heterocycles. The van der Waals surface area contributed by atoms with Crippen molar-refractivity contribution in [2.75, 3.05) is 30.5 Å². The van der Waals surface area contributed by atoms with Gasteiger partial charge in [-0.3, -0.25) is 14.5 Å². The summed E-state index contributed by atoms with van der Waals surface area (Å²) in [6.07, 6.45) is 0.0510. The molecule has 1 unspecified atom stereocenters. The number of rotatable bonds is 7. The maximum Gasteiger partial charge on any atom is 0.268 e. The van der Waals surface area contributed by atoms with E-state index in [1.807, 2.05) is 30.5 Å². The number of methoxy groups -OCH3 is 1. The summed E-state index contributed by atoms with van der Waals surface area (Å²) in [5.41, 5.74) is 3.69. The van der Waals surface area contributed by atoms with E-state index in [1.54, 1.807) is 43.6 Å². The first-order chi connectivity index (χ1) is 15.9. The van der Waals surface area contributed by atoms with Crippen LogP contribution in [-0.4, -0.2) is 43.2 Å². The fraction of sp³-hybridized carbons (Fsp3) is 0.292. The number of fused-ring (bicyclic) bond motifs is 1. The highest BCUT2D eigenvalue weighted by Crippen LogP contribution is 2.38. The molecule has 1 aliphatic heterocycles. The second-order valence-electron chi connectivity index (χ2n) is 7.74. The molecule has 0 fully saturated rings. The van der Waals surface area contributed by atoms with Crippen molar-refractivity contribution in [1.29, 1.82) is 0 Å². The van der Waals surface area contributed by atoms with Crippen LogP contribution < -0.4 is 15.0 Å². The molecule has 0 aliphatic carbocycles. The standard InChI is InChI=1S/C24H24ClN3O4S/c1-14-10-17(25)5-6-18(14)26-22(29)12-28-20-11-16(4-7-21(20)32-15(2)24(28)30)19-13-33-23(27-19)8-9-31-3/h4-7,10-11,13,15H,8-9,12H2,1-3H3,(H,26,29). The van der Waals surface area contributed by atoms with Gasteiger partial charge in [-0.15, -0.1) is 11.3 Å². The molecule has 1 atom stereocenters. The molecule has 0 radical (unpaired) electrons. The number of halogens is 1. The van der Waals surface area contributed by atoms with E-state index in [2.05, 4.69) is 10.3 Å². The summed E-state index contributed by atoms with van der Waals surface area (Å²) in [7, 11) is 1.66. The van der Waals surface area contributed by atoms with Gasteiger partial charge in [0, 0.05) is 35.2 Å². The number of thiazole rings is 1. The fourth-order valence-electron chi connectivity index (χ4n) is 3.58. The van der Waals surface area contributed by atoms with Gasteiger partial charge in [0.2, 0.25) is 5.91 Å². The number of nitrogens with zero attached hydrogens (tertiary/aromatic N) is 2. The Kier molecular flexibility index (Phi) is 6.97. The van der Waals surface area contributed by atoms with Crippen molar-refractivity contribution in [3.05, 3.63) is 57.4 Å². The van der Waals surface area contributed by atoms with Gasteiger partial charge < -0.3 is 14.8 Å². The minimum Gasteiger partial charge on any atom is -0.479 e. The summed E-state index contributed by atoms with van der Waals surface area (Å²) in [6.45, 7) is 4.00. The molecule has 1 N–H and O–H groups in total. The third kappa shape index (κ3) is 5.19. The molecule has 33 heavy (non-hydrogen) atoms. The summed E-state index contributed by atoms with van der Waals surface area (Å²) in [6, 6.07) is 10.8. The minimum absolute atomic E-state index is 0.138. The zero-order chi connectivity index (χ0) is 23.5. The highest BCUT2D eigenvalue weighted by molar-refractivity contribution is 7.09. The number of ether oxygens (including phenoxy) is 2. The van der Waals surface area contributed by atoms with Gasteiger partial charge in [0.15, 0.2) is 6.10 Å². The van der Waals surface area contributed by atoms with E-state index >= 15 is 0 Å². The largest absolute Gasteiger partial charge is 0.479 e. The van der Waals surface area contributed by atoms with Gasteiger partial charge in [-0.25, -0.2) is 4.98 Å². The zero-order valence-electron chi connectivity index (χ0n) is 18.6. The normalized spacial score (nSPS) is 15.2. The number of hydrogen-bond donors (Lipinski definition) is 1. The fourth-order valence-corrected chi connectivity index (χ4v) is 4.59. The molecule has 9 heteroatoms. The highest BCUT2D eigenvalue weighted by atomic mass is 35.5.